The van der Waals surface area contributed by atoms with Crippen molar-refractivity contribution in [3.8, 4) is 0 Å². The zero-order valence-electron chi connectivity index (χ0n) is 12.3. The van der Waals surface area contributed by atoms with Gasteiger partial charge < -0.3 is 9.73 Å². The number of benzene rings is 1. The van der Waals surface area contributed by atoms with Gasteiger partial charge in [0.15, 0.2) is 11.2 Å². The molecule has 1 amide bonds. The number of hydrogen-bond acceptors (Lipinski definition) is 5. The zero-order valence-corrected chi connectivity index (χ0v) is 13.9. The number of nitrogens with zero attached hydrogens (tertiary/aromatic N) is 2. The van der Waals surface area contributed by atoms with E-state index >= 15 is 0 Å². The number of fused-ring (bicyclic) bond motifs is 1. The average molecular weight is 388 g/mol. The maximum Gasteiger partial charge on any atom is 0.416 e. The van der Waals surface area contributed by atoms with Crippen LogP contribution in [-0.4, -0.2) is 21.6 Å². The predicted molar refractivity (Wildman–Crippen MR) is 87.6 cm³/mol. The molecule has 130 valence electrons. The number of rotatable bonds is 4. The average Bonchev–Trinajstić information content (AvgIpc) is 2.97. The number of halogens is 4. The van der Waals surface area contributed by atoms with E-state index in [2.05, 4.69) is 15.3 Å². The first kappa shape index (κ1) is 17.6. The lowest BCUT2D eigenvalue weighted by atomic mass is 10.2. The topological polar surface area (TPSA) is 68.0 Å². The summed E-state index contributed by atoms with van der Waals surface area (Å²) in [5.74, 6) is -0.652. The summed E-state index contributed by atoms with van der Waals surface area (Å²) in [6.45, 7) is 0. The Hall–Kier alpha value is -2.26. The fourth-order valence-electron chi connectivity index (χ4n) is 1.92. The third-order valence-corrected chi connectivity index (χ3v) is 4.20. The van der Waals surface area contributed by atoms with E-state index in [0.29, 0.717) is 11.2 Å². The molecule has 3 aromatic rings. The van der Waals surface area contributed by atoms with Crippen LogP contribution in [0.1, 0.15) is 5.56 Å². The van der Waals surface area contributed by atoms with Crippen molar-refractivity contribution in [3.63, 3.8) is 0 Å². The van der Waals surface area contributed by atoms with Gasteiger partial charge in [-0.1, -0.05) is 23.4 Å². The molecular formula is C15H9ClF3N3O2S. The van der Waals surface area contributed by atoms with E-state index in [1.807, 2.05) is 0 Å². The first-order valence-corrected chi connectivity index (χ1v) is 8.20. The molecule has 10 heteroatoms. The quantitative estimate of drug-likeness (QED) is 0.661. The first-order chi connectivity index (χ1) is 11.8. The Morgan fingerprint density at radius 3 is 2.84 bits per heavy atom. The molecule has 0 spiro atoms. The van der Waals surface area contributed by atoms with Gasteiger partial charge in [-0.2, -0.15) is 18.2 Å². The molecule has 0 atom stereocenters. The van der Waals surface area contributed by atoms with Crippen molar-refractivity contribution in [2.24, 2.45) is 0 Å². The fourth-order valence-corrected chi connectivity index (χ4v) is 2.71. The summed E-state index contributed by atoms with van der Waals surface area (Å²) < 4.78 is 43.6. The van der Waals surface area contributed by atoms with Gasteiger partial charge in [0.1, 0.15) is 0 Å². The highest BCUT2D eigenvalue weighted by molar-refractivity contribution is 7.99. The van der Waals surface area contributed by atoms with Crippen LogP contribution in [0.25, 0.3) is 11.2 Å². The Morgan fingerprint density at radius 1 is 1.32 bits per heavy atom. The number of anilines is 1. The Bertz CT molecular complexity index is 897. The standard InChI is InChI=1S/C15H9ClF3N3O2S/c16-9-4-3-8(15(17,18)19)6-10(9)21-12(23)7-25-14-22-13-11(24-14)2-1-5-20-13/h1-6H,7H2,(H,21,23). The summed E-state index contributed by atoms with van der Waals surface area (Å²) in [5.41, 5.74) is -0.121. The Kier molecular flexibility index (Phi) is 4.87. The highest BCUT2D eigenvalue weighted by Gasteiger charge is 2.31. The van der Waals surface area contributed by atoms with Crippen LogP contribution in [0.2, 0.25) is 5.02 Å². The minimum atomic E-state index is -4.52. The van der Waals surface area contributed by atoms with Crippen molar-refractivity contribution in [2.75, 3.05) is 11.1 Å². The van der Waals surface area contributed by atoms with Crippen molar-refractivity contribution in [3.05, 3.63) is 47.1 Å². The lowest BCUT2D eigenvalue weighted by Crippen LogP contribution is -2.15. The number of alkyl halides is 3. The second kappa shape index (κ2) is 6.93. The number of pyridine rings is 1. The third-order valence-electron chi connectivity index (χ3n) is 3.04. The molecule has 1 N–H and O–H groups in total. The van der Waals surface area contributed by atoms with Crippen molar-refractivity contribution < 1.29 is 22.4 Å². The van der Waals surface area contributed by atoms with Crippen LogP contribution in [0, 0.1) is 0 Å². The fraction of sp³-hybridized carbons (Fsp3) is 0.133. The minimum Gasteiger partial charge on any atom is -0.430 e. The van der Waals surface area contributed by atoms with Gasteiger partial charge in [0.25, 0.3) is 5.22 Å². The van der Waals surface area contributed by atoms with E-state index < -0.39 is 17.6 Å². The molecule has 5 nitrogen and oxygen atoms in total. The number of aromatic nitrogens is 2. The molecule has 0 radical (unpaired) electrons. The van der Waals surface area contributed by atoms with Crippen molar-refractivity contribution in [1.29, 1.82) is 0 Å². The normalized spacial score (nSPS) is 11.7. The Morgan fingerprint density at radius 2 is 2.12 bits per heavy atom. The largest absolute Gasteiger partial charge is 0.430 e. The molecule has 0 saturated heterocycles. The molecule has 0 aliphatic heterocycles. The number of carbonyl (C=O) groups excluding carboxylic acids is 1. The molecule has 0 aliphatic carbocycles. The summed E-state index contributed by atoms with van der Waals surface area (Å²) in [6, 6.07) is 6.08. The van der Waals surface area contributed by atoms with Crippen LogP contribution in [0.15, 0.2) is 46.2 Å². The summed E-state index contributed by atoms with van der Waals surface area (Å²) in [7, 11) is 0. The number of thioether (sulfide) groups is 1. The van der Waals surface area contributed by atoms with E-state index in [1.54, 1.807) is 18.3 Å². The molecule has 0 bridgehead atoms. The van der Waals surface area contributed by atoms with Gasteiger partial charge in [-0.15, -0.1) is 0 Å². The van der Waals surface area contributed by atoms with Crippen LogP contribution >= 0.6 is 23.4 Å². The summed E-state index contributed by atoms with van der Waals surface area (Å²) >= 11 is 6.83. The zero-order chi connectivity index (χ0) is 18.0. The van der Waals surface area contributed by atoms with E-state index in [-0.39, 0.29) is 21.7 Å². The van der Waals surface area contributed by atoms with Gasteiger partial charge in [-0.3, -0.25) is 4.79 Å². The molecule has 2 aromatic heterocycles. The highest BCUT2D eigenvalue weighted by Crippen LogP contribution is 2.34. The van der Waals surface area contributed by atoms with Gasteiger partial charge in [0.2, 0.25) is 5.91 Å². The Labute approximate surface area is 148 Å². The van der Waals surface area contributed by atoms with E-state index in [9.17, 15) is 18.0 Å². The van der Waals surface area contributed by atoms with Crippen LogP contribution in [0.4, 0.5) is 18.9 Å². The minimum absolute atomic E-state index is 0.0115. The maximum atomic E-state index is 12.7. The third kappa shape index (κ3) is 4.23. The molecule has 3 rings (SSSR count). The number of amides is 1. The molecule has 2 heterocycles. The smallest absolute Gasteiger partial charge is 0.416 e. The summed E-state index contributed by atoms with van der Waals surface area (Å²) in [5, 5.41) is 2.60. The van der Waals surface area contributed by atoms with Crippen LogP contribution in [0.3, 0.4) is 0 Å². The molecule has 0 aliphatic rings. The predicted octanol–water partition coefficient (Wildman–Crippen LogP) is 4.63. The number of nitrogens with one attached hydrogen (secondary N) is 1. The number of hydrogen-bond donors (Lipinski definition) is 1. The lowest BCUT2D eigenvalue weighted by molar-refractivity contribution is -0.137. The molecule has 25 heavy (non-hydrogen) atoms. The monoisotopic (exact) mass is 387 g/mol. The number of carbonyl (C=O) groups is 1. The molecule has 0 fully saturated rings. The highest BCUT2D eigenvalue weighted by atomic mass is 35.5. The van der Waals surface area contributed by atoms with Crippen LogP contribution < -0.4 is 5.32 Å². The van der Waals surface area contributed by atoms with Gasteiger partial charge >= 0.3 is 6.18 Å². The molecule has 0 saturated carbocycles. The van der Waals surface area contributed by atoms with Gasteiger partial charge in [-0.25, -0.2) is 4.98 Å². The molecule has 1 aromatic carbocycles. The summed E-state index contributed by atoms with van der Waals surface area (Å²) in [6.07, 6.45) is -2.97. The van der Waals surface area contributed by atoms with E-state index in [0.717, 1.165) is 30.0 Å². The van der Waals surface area contributed by atoms with Crippen molar-refractivity contribution in [1.82, 2.24) is 9.97 Å². The van der Waals surface area contributed by atoms with Crippen molar-refractivity contribution >= 4 is 46.2 Å². The second-order valence-electron chi connectivity index (χ2n) is 4.83. The number of oxazole rings is 1. The van der Waals surface area contributed by atoms with Crippen LogP contribution in [0.5, 0.6) is 0 Å². The van der Waals surface area contributed by atoms with E-state index in [1.165, 1.54) is 0 Å². The first-order valence-electron chi connectivity index (χ1n) is 6.84. The molecule has 0 unspecified atom stereocenters. The lowest BCUT2D eigenvalue weighted by Gasteiger charge is -2.11. The Balaban J connectivity index is 1.66. The van der Waals surface area contributed by atoms with Gasteiger partial charge in [0.05, 0.1) is 22.0 Å². The second-order valence-corrected chi connectivity index (χ2v) is 6.17. The van der Waals surface area contributed by atoms with Crippen LogP contribution in [-0.2, 0) is 11.0 Å². The van der Waals surface area contributed by atoms with Gasteiger partial charge in [0, 0.05) is 6.20 Å². The van der Waals surface area contributed by atoms with E-state index in [4.69, 9.17) is 16.0 Å². The van der Waals surface area contributed by atoms with Gasteiger partial charge in [-0.05, 0) is 30.3 Å². The SMILES string of the molecule is O=C(CSc1nc2ncccc2o1)Nc1cc(C(F)(F)F)ccc1Cl. The van der Waals surface area contributed by atoms with Crippen molar-refractivity contribution in [2.45, 2.75) is 11.4 Å². The summed E-state index contributed by atoms with van der Waals surface area (Å²) in [4.78, 5) is 20.0. The maximum absolute atomic E-state index is 12.7. The molecular weight excluding hydrogens is 379 g/mol.